The zero-order chi connectivity index (χ0) is 14.0. The van der Waals surface area contributed by atoms with Crippen molar-refractivity contribution in [3.8, 4) is 0 Å². The van der Waals surface area contributed by atoms with Crippen molar-refractivity contribution in [2.45, 2.75) is 39.2 Å². The lowest BCUT2D eigenvalue weighted by molar-refractivity contribution is 0.171. The normalized spacial score (nSPS) is 29.2. The number of hydrogen-bond acceptors (Lipinski definition) is 2. The van der Waals surface area contributed by atoms with Crippen LogP contribution in [0.15, 0.2) is 22.7 Å². The first-order valence-corrected chi connectivity index (χ1v) is 8.11. The Bertz CT molecular complexity index is 438. The van der Waals surface area contributed by atoms with Gasteiger partial charge < -0.3 is 0 Å². The molecule has 0 radical (unpaired) electrons. The maximum atomic E-state index is 6.34. The molecule has 106 valence electrons. The fraction of sp³-hybridized carbons (Fsp3) is 0.600. The van der Waals surface area contributed by atoms with Gasteiger partial charge in [-0.25, -0.2) is 0 Å². The minimum absolute atomic E-state index is 0.139. The van der Waals surface area contributed by atoms with Gasteiger partial charge in [0.2, 0.25) is 0 Å². The van der Waals surface area contributed by atoms with E-state index >= 15 is 0 Å². The maximum absolute atomic E-state index is 6.34. The molecular formula is C15H22BrClN2. The highest BCUT2D eigenvalue weighted by Gasteiger charge is 2.31. The summed E-state index contributed by atoms with van der Waals surface area (Å²) in [7, 11) is 0. The Kier molecular flexibility index (Phi) is 5.29. The molecule has 0 bridgehead atoms. The molecule has 0 aliphatic heterocycles. The van der Waals surface area contributed by atoms with E-state index in [0.717, 1.165) is 26.9 Å². The largest absolute Gasteiger partial charge is 0.271 e. The highest BCUT2D eigenvalue weighted by molar-refractivity contribution is 9.10. The molecular weight excluding hydrogens is 324 g/mol. The molecule has 1 saturated carbocycles. The van der Waals surface area contributed by atoms with Gasteiger partial charge in [-0.15, -0.1) is 0 Å². The van der Waals surface area contributed by atoms with Crippen LogP contribution in [0.5, 0.6) is 0 Å². The number of benzene rings is 1. The third-order valence-electron chi connectivity index (χ3n) is 4.58. The van der Waals surface area contributed by atoms with E-state index in [1.54, 1.807) is 0 Å². The van der Waals surface area contributed by atoms with Crippen molar-refractivity contribution in [3.63, 3.8) is 0 Å². The molecule has 0 amide bonds. The summed E-state index contributed by atoms with van der Waals surface area (Å²) in [6, 6.07) is 6.11. The quantitative estimate of drug-likeness (QED) is 0.616. The lowest BCUT2D eigenvalue weighted by atomic mass is 9.72. The van der Waals surface area contributed by atoms with Gasteiger partial charge in [-0.2, -0.15) is 0 Å². The molecule has 1 aliphatic rings. The minimum Gasteiger partial charge on any atom is -0.271 e. The molecule has 4 unspecified atom stereocenters. The molecule has 4 atom stereocenters. The molecule has 0 aromatic heterocycles. The van der Waals surface area contributed by atoms with Crippen LogP contribution in [0.4, 0.5) is 0 Å². The van der Waals surface area contributed by atoms with Crippen molar-refractivity contribution >= 4 is 27.5 Å². The molecule has 0 saturated heterocycles. The summed E-state index contributed by atoms with van der Waals surface area (Å²) >= 11 is 9.85. The highest BCUT2D eigenvalue weighted by atomic mass is 79.9. The van der Waals surface area contributed by atoms with E-state index < -0.39 is 0 Å². The summed E-state index contributed by atoms with van der Waals surface area (Å²) in [4.78, 5) is 0. The summed E-state index contributed by atoms with van der Waals surface area (Å²) in [5.74, 6) is 7.93. The van der Waals surface area contributed by atoms with Gasteiger partial charge in [0.15, 0.2) is 0 Å². The summed E-state index contributed by atoms with van der Waals surface area (Å²) in [6.07, 6.45) is 3.69. The third kappa shape index (κ3) is 3.52. The van der Waals surface area contributed by atoms with Crippen LogP contribution in [0.25, 0.3) is 0 Å². The van der Waals surface area contributed by atoms with Gasteiger partial charge in [0.1, 0.15) is 0 Å². The summed E-state index contributed by atoms with van der Waals surface area (Å²) in [6.45, 7) is 4.69. The summed E-state index contributed by atoms with van der Waals surface area (Å²) in [5, 5.41) is 0.789. The molecule has 3 N–H and O–H groups in total. The highest BCUT2D eigenvalue weighted by Crippen LogP contribution is 2.41. The number of hydrogen-bond donors (Lipinski definition) is 2. The van der Waals surface area contributed by atoms with Crippen LogP contribution in [0.3, 0.4) is 0 Å². The Hall–Kier alpha value is -0.0900. The lowest BCUT2D eigenvalue weighted by Gasteiger charge is -2.37. The first-order chi connectivity index (χ1) is 9.02. The first kappa shape index (κ1) is 15.3. The van der Waals surface area contributed by atoms with E-state index in [9.17, 15) is 0 Å². The van der Waals surface area contributed by atoms with E-state index in [0.29, 0.717) is 5.92 Å². The van der Waals surface area contributed by atoms with Crippen LogP contribution in [0.2, 0.25) is 5.02 Å². The van der Waals surface area contributed by atoms with Gasteiger partial charge >= 0.3 is 0 Å². The average molecular weight is 346 g/mol. The van der Waals surface area contributed by atoms with E-state index in [2.05, 4.69) is 41.3 Å². The molecule has 0 heterocycles. The van der Waals surface area contributed by atoms with Crippen LogP contribution in [0.1, 0.15) is 44.7 Å². The van der Waals surface area contributed by atoms with Gasteiger partial charge in [0.25, 0.3) is 0 Å². The van der Waals surface area contributed by atoms with E-state index in [4.69, 9.17) is 17.4 Å². The van der Waals surface area contributed by atoms with E-state index in [-0.39, 0.29) is 6.04 Å². The maximum Gasteiger partial charge on any atom is 0.0503 e. The monoisotopic (exact) mass is 344 g/mol. The van der Waals surface area contributed by atoms with Gasteiger partial charge in [0, 0.05) is 9.50 Å². The zero-order valence-electron chi connectivity index (χ0n) is 11.5. The molecule has 2 nitrogen and oxygen atoms in total. The van der Waals surface area contributed by atoms with Crippen LogP contribution < -0.4 is 11.3 Å². The van der Waals surface area contributed by atoms with Gasteiger partial charge in [0.05, 0.1) is 6.04 Å². The number of hydrazine groups is 1. The number of halogens is 2. The van der Waals surface area contributed by atoms with Gasteiger partial charge in [-0.1, -0.05) is 47.8 Å². The molecule has 1 aromatic carbocycles. The Morgan fingerprint density at radius 1 is 1.32 bits per heavy atom. The zero-order valence-corrected chi connectivity index (χ0v) is 13.8. The topological polar surface area (TPSA) is 38.0 Å². The Balaban J connectivity index is 2.22. The van der Waals surface area contributed by atoms with Crippen molar-refractivity contribution in [1.82, 2.24) is 5.43 Å². The van der Waals surface area contributed by atoms with Gasteiger partial charge in [-0.05, 0) is 54.4 Å². The SMILES string of the molecule is CC1CCC(C(NN)c2cc(Br)ccc2Cl)CC1C. The molecule has 0 spiro atoms. The smallest absolute Gasteiger partial charge is 0.0503 e. The Labute approximate surface area is 129 Å². The van der Waals surface area contributed by atoms with Crippen LogP contribution in [-0.4, -0.2) is 0 Å². The fourth-order valence-electron chi connectivity index (χ4n) is 3.12. The first-order valence-electron chi connectivity index (χ1n) is 6.94. The second-order valence-corrected chi connectivity index (χ2v) is 7.16. The van der Waals surface area contributed by atoms with Crippen molar-refractivity contribution in [3.05, 3.63) is 33.3 Å². The predicted octanol–water partition coefficient (Wildman–Crippen LogP) is 4.68. The van der Waals surface area contributed by atoms with Crippen molar-refractivity contribution < 1.29 is 0 Å². The molecule has 19 heavy (non-hydrogen) atoms. The van der Waals surface area contributed by atoms with Crippen molar-refractivity contribution in [1.29, 1.82) is 0 Å². The molecule has 2 rings (SSSR count). The van der Waals surface area contributed by atoms with Crippen molar-refractivity contribution in [2.24, 2.45) is 23.6 Å². The van der Waals surface area contributed by atoms with Crippen LogP contribution in [0, 0.1) is 17.8 Å². The summed E-state index contributed by atoms with van der Waals surface area (Å²) < 4.78 is 1.05. The number of nitrogens with two attached hydrogens (primary N) is 1. The third-order valence-corrected chi connectivity index (χ3v) is 5.42. The van der Waals surface area contributed by atoms with Crippen LogP contribution in [-0.2, 0) is 0 Å². The van der Waals surface area contributed by atoms with Gasteiger partial charge in [-0.3, -0.25) is 11.3 Å². The standard InChI is InChI=1S/C15H22BrClN2/c1-9-3-4-11(7-10(9)2)15(19-18)13-8-12(16)5-6-14(13)17/h5-6,8-11,15,19H,3-4,7,18H2,1-2H3. The lowest BCUT2D eigenvalue weighted by Crippen LogP contribution is -2.37. The van der Waals surface area contributed by atoms with E-state index in [1.807, 2.05) is 12.1 Å². The molecule has 4 heteroatoms. The predicted molar refractivity (Wildman–Crippen MR) is 84.9 cm³/mol. The van der Waals surface area contributed by atoms with Crippen molar-refractivity contribution in [2.75, 3.05) is 0 Å². The second kappa shape index (κ2) is 6.57. The average Bonchev–Trinajstić information content (AvgIpc) is 2.38. The van der Waals surface area contributed by atoms with Crippen LogP contribution >= 0.6 is 27.5 Å². The number of rotatable bonds is 3. The summed E-state index contributed by atoms with van der Waals surface area (Å²) in [5.41, 5.74) is 4.09. The minimum atomic E-state index is 0.139. The van der Waals surface area contributed by atoms with E-state index in [1.165, 1.54) is 19.3 Å². The number of nitrogens with one attached hydrogen (secondary N) is 1. The second-order valence-electron chi connectivity index (χ2n) is 5.84. The fourth-order valence-corrected chi connectivity index (χ4v) is 3.74. The molecule has 1 fully saturated rings. The Morgan fingerprint density at radius 2 is 2.05 bits per heavy atom. The molecule has 1 aromatic rings. The Morgan fingerprint density at radius 3 is 2.68 bits per heavy atom. The molecule has 1 aliphatic carbocycles.